The number of nitro benzene ring substituents is 1. The second-order valence-electron chi connectivity index (χ2n) is 7.83. The molecule has 0 aliphatic carbocycles. The highest BCUT2D eigenvalue weighted by Crippen LogP contribution is 2.22. The number of hydrogen-bond donors (Lipinski definition) is 3. The molecule has 9 heteroatoms. The van der Waals surface area contributed by atoms with Crippen LogP contribution in [0.2, 0.25) is 0 Å². The molecule has 1 heterocycles. The maximum atomic E-state index is 12.5. The van der Waals surface area contributed by atoms with Gasteiger partial charge in [-0.15, -0.1) is 0 Å². The Hall–Kier alpha value is -3.75. The van der Waals surface area contributed by atoms with Crippen LogP contribution in [0.3, 0.4) is 0 Å². The summed E-state index contributed by atoms with van der Waals surface area (Å²) in [5.74, 6) is 0.159. The molecule has 0 saturated heterocycles. The van der Waals surface area contributed by atoms with Crippen LogP contribution in [0.15, 0.2) is 42.5 Å². The van der Waals surface area contributed by atoms with Gasteiger partial charge in [-0.05, 0) is 43.5 Å². The number of rotatable bonds is 8. The van der Waals surface area contributed by atoms with Crippen molar-refractivity contribution in [2.75, 3.05) is 6.54 Å². The van der Waals surface area contributed by atoms with Gasteiger partial charge in [-0.1, -0.05) is 26.0 Å². The molecule has 0 aliphatic heterocycles. The average Bonchev–Trinajstić information content (AvgIpc) is 3.15. The molecule has 0 radical (unpaired) electrons. The topological polar surface area (TPSA) is 130 Å². The minimum Gasteiger partial charge on any atom is -0.345 e. The number of para-hydroxylation sites is 2. The predicted octanol–water partition coefficient (Wildman–Crippen LogP) is 3.41. The first-order valence-electron chi connectivity index (χ1n) is 10.0. The molecule has 1 unspecified atom stereocenters. The number of nitrogens with zero attached hydrogens (tertiary/aromatic N) is 2. The fourth-order valence-electron chi connectivity index (χ4n) is 3.36. The van der Waals surface area contributed by atoms with Crippen LogP contribution < -0.4 is 10.6 Å². The van der Waals surface area contributed by atoms with Gasteiger partial charge in [0.1, 0.15) is 5.82 Å². The Morgan fingerprint density at radius 1 is 1.19 bits per heavy atom. The quantitative estimate of drug-likeness (QED) is 0.377. The van der Waals surface area contributed by atoms with E-state index in [4.69, 9.17) is 0 Å². The summed E-state index contributed by atoms with van der Waals surface area (Å²) in [6.45, 7) is 5.45. The number of H-pyrrole nitrogens is 1. The van der Waals surface area contributed by atoms with E-state index in [-0.39, 0.29) is 29.7 Å². The highest BCUT2D eigenvalue weighted by Gasteiger charge is 2.20. The zero-order chi connectivity index (χ0) is 22.5. The van der Waals surface area contributed by atoms with Crippen LogP contribution in [0.1, 0.15) is 48.1 Å². The van der Waals surface area contributed by atoms with Gasteiger partial charge in [-0.25, -0.2) is 4.98 Å². The molecule has 1 atom stereocenters. The first-order valence-corrected chi connectivity index (χ1v) is 10.0. The van der Waals surface area contributed by atoms with Gasteiger partial charge in [0, 0.05) is 17.2 Å². The number of benzene rings is 2. The van der Waals surface area contributed by atoms with Crippen molar-refractivity contribution in [2.24, 2.45) is 5.92 Å². The third-order valence-corrected chi connectivity index (χ3v) is 4.85. The number of hydrogen-bond acceptors (Lipinski definition) is 5. The Kier molecular flexibility index (Phi) is 6.64. The molecule has 31 heavy (non-hydrogen) atoms. The maximum Gasteiger partial charge on any atom is 0.272 e. The van der Waals surface area contributed by atoms with Gasteiger partial charge < -0.3 is 15.6 Å². The van der Waals surface area contributed by atoms with Crippen molar-refractivity contribution in [3.05, 3.63) is 69.5 Å². The van der Waals surface area contributed by atoms with E-state index in [1.54, 1.807) is 6.92 Å². The number of amides is 2. The fraction of sp³-hybridized carbons (Fsp3) is 0.318. The molecule has 0 spiro atoms. The maximum absolute atomic E-state index is 12.5. The summed E-state index contributed by atoms with van der Waals surface area (Å²) in [4.78, 5) is 43.1. The van der Waals surface area contributed by atoms with Crippen LogP contribution in [0.4, 0.5) is 5.69 Å². The van der Waals surface area contributed by atoms with E-state index < -0.39 is 10.8 Å². The largest absolute Gasteiger partial charge is 0.345 e. The molecule has 0 fully saturated rings. The molecular weight excluding hydrogens is 398 g/mol. The highest BCUT2D eigenvalue weighted by atomic mass is 16.6. The van der Waals surface area contributed by atoms with Gasteiger partial charge in [0.2, 0.25) is 5.91 Å². The number of nitro groups is 1. The second kappa shape index (κ2) is 9.38. The van der Waals surface area contributed by atoms with Gasteiger partial charge in [0.25, 0.3) is 11.6 Å². The average molecular weight is 423 g/mol. The summed E-state index contributed by atoms with van der Waals surface area (Å²) in [7, 11) is 0. The van der Waals surface area contributed by atoms with E-state index >= 15 is 0 Å². The fourth-order valence-corrected chi connectivity index (χ4v) is 3.36. The zero-order valence-electron chi connectivity index (χ0n) is 17.6. The van der Waals surface area contributed by atoms with E-state index in [1.165, 1.54) is 18.2 Å². The molecule has 1 aromatic heterocycles. The Morgan fingerprint density at radius 3 is 2.58 bits per heavy atom. The summed E-state index contributed by atoms with van der Waals surface area (Å²) in [6, 6.07) is 11.4. The lowest BCUT2D eigenvalue weighted by Crippen LogP contribution is -2.39. The normalized spacial score (nSPS) is 12.0. The van der Waals surface area contributed by atoms with Crippen LogP contribution >= 0.6 is 0 Å². The van der Waals surface area contributed by atoms with Crippen LogP contribution in [0.5, 0.6) is 0 Å². The van der Waals surface area contributed by atoms with E-state index in [0.717, 1.165) is 11.0 Å². The lowest BCUT2D eigenvalue weighted by Gasteiger charge is -2.19. The van der Waals surface area contributed by atoms with Crippen molar-refractivity contribution in [1.82, 2.24) is 20.6 Å². The van der Waals surface area contributed by atoms with Gasteiger partial charge in [-0.2, -0.15) is 0 Å². The van der Waals surface area contributed by atoms with E-state index in [2.05, 4.69) is 34.4 Å². The van der Waals surface area contributed by atoms with Crippen molar-refractivity contribution < 1.29 is 14.5 Å². The Morgan fingerprint density at radius 2 is 1.94 bits per heavy atom. The molecule has 2 amide bonds. The van der Waals surface area contributed by atoms with Crippen molar-refractivity contribution in [2.45, 2.75) is 33.2 Å². The minimum absolute atomic E-state index is 0.0587. The summed E-state index contributed by atoms with van der Waals surface area (Å²) in [6.07, 6.45) is 0.682. The summed E-state index contributed by atoms with van der Waals surface area (Å²) < 4.78 is 0. The molecule has 9 nitrogen and oxygen atoms in total. The van der Waals surface area contributed by atoms with Crippen molar-refractivity contribution in [3.8, 4) is 0 Å². The standard InChI is InChI=1S/C22H25N5O4/c1-13(2)10-18(21-25-16-6-4-5-7-17(16)26-21)24-20(28)12-23-22(29)15-8-9-19(27(30)31)14(3)11-15/h4-9,11,13,18H,10,12H2,1-3H3,(H,23,29)(H,24,28)(H,25,26). The summed E-state index contributed by atoms with van der Waals surface area (Å²) in [5, 5.41) is 16.4. The number of aromatic amines is 1. The van der Waals surface area contributed by atoms with Crippen LogP contribution in [-0.4, -0.2) is 33.3 Å². The van der Waals surface area contributed by atoms with Crippen molar-refractivity contribution in [1.29, 1.82) is 0 Å². The number of carbonyl (C=O) groups is 2. The Bertz CT molecular complexity index is 1090. The third-order valence-electron chi connectivity index (χ3n) is 4.85. The second-order valence-corrected chi connectivity index (χ2v) is 7.83. The SMILES string of the molecule is Cc1cc(C(=O)NCC(=O)NC(CC(C)C)c2nc3ccccc3[nH]2)ccc1[N+](=O)[O-]. The molecule has 0 bridgehead atoms. The molecule has 162 valence electrons. The first kappa shape index (κ1) is 21.9. The molecule has 0 saturated carbocycles. The van der Waals surface area contributed by atoms with Crippen molar-refractivity contribution in [3.63, 3.8) is 0 Å². The summed E-state index contributed by atoms with van der Waals surface area (Å²) in [5.41, 5.74) is 2.29. The van der Waals surface area contributed by atoms with E-state index in [0.29, 0.717) is 23.7 Å². The number of aromatic nitrogens is 2. The van der Waals surface area contributed by atoms with Crippen LogP contribution in [0, 0.1) is 23.0 Å². The number of carbonyl (C=O) groups excluding carboxylic acids is 2. The third kappa shape index (κ3) is 5.44. The number of imidazole rings is 1. The monoisotopic (exact) mass is 423 g/mol. The lowest BCUT2D eigenvalue weighted by molar-refractivity contribution is -0.385. The van der Waals surface area contributed by atoms with E-state index in [1.807, 2.05) is 24.3 Å². The molecular formula is C22H25N5O4. The first-order chi connectivity index (χ1) is 14.7. The molecule has 0 aliphatic rings. The molecule has 2 aromatic carbocycles. The predicted molar refractivity (Wildman–Crippen MR) is 117 cm³/mol. The van der Waals surface area contributed by atoms with E-state index in [9.17, 15) is 19.7 Å². The van der Waals surface area contributed by atoms with Crippen LogP contribution in [0.25, 0.3) is 11.0 Å². The summed E-state index contributed by atoms with van der Waals surface area (Å²) >= 11 is 0. The number of nitrogens with one attached hydrogen (secondary N) is 3. The Balaban J connectivity index is 1.65. The number of aryl methyl sites for hydroxylation is 1. The minimum atomic E-state index is -0.503. The Labute approximate surface area is 179 Å². The van der Waals surface area contributed by atoms with Crippen molar-refractivity contribution >= 4 is 28.5 Å². The van der Waals surface area contributed by atoms with Gasteiger partial charge in [-0.3, -0.25) is 19.7 Å². The van der Waals surface area contributed by atoms with Gasteiger partial charge in [0.05, 0.1) is 28.5 Å². The number of fused-ring (bicyclic) bond motifs is 1. The van der Waals surface area contributed by atoms with Gasteiger partial charge >= 0.3 is 0 Å². The smallest absolute Gasteiger partial charge is 0.272 e. The highest BCUT2D eigenvalue weighted by molar-refractivity contribution is 5.96. The molecule has 3 N–H and O–H groups in total. The zero-order valence-corrected chi connectivity index (χ0v) is 17.6. The molecule has 3 rings (SSSR count). The lowest BCUT2D eigenvalue weighted by atomic mass is 10.0. The van der Waals surface area contributed by atoms with Crippen LogP contribution in [-0.2, 0) is 4.79 Å². The van der Waals surface area contributed by atoms with Gasteiger partial charge in [0.15, 0.2) is 0 Å². The molecule has 3 aromatic rings.